The van der Waals surface area contributed by atoms with Gasteiger partial charge in [-0.15, -0.1) is 0 Å². The molecule has 1 aromatic heterocycles. The fourth-order valence-electron chi connectivity index (χ4n) is 3.65. The van der Waals surface area contributed by atoms with Gasteiger partial charge in [-0.1, -0.05) is 12.1 Å². The molecular weight excluding hydrogens is 414 g/mol. The molecule has 0 spiro atoms. The van der Waals surface area contributed by atoms with Gasteiger partial charge < -0.3 is 28.7 Å². The van der Waals surface area contributed by atoms with E-state index in [4.69, 9.17) is 23.4 Å². The third-order valence-corrected chi connectivity index (χ3v) is 5.30. The van der Waals surface area contributed by atoms with Crippen LogP contribution < -0.4 is 25.0 Å². The Balaban J connectivity index is 1.65. The minimum atomic E-state index is -0.358. The van der Waals surface area contributed by atoms with Crippen LogP contribution in [0.4, 0.5) is 0 Å². The lowest BCUT2D eigenvalue weighted by Crippen LogP contribution is -2.35. The normalized spacial score (nSPS) is 15.5. The number of rotatable bonds is 8. The van der Waals surface area contributed by atoms with Crippen molar-refractivity contribution in [3.05, 3.63) is 52.7 Å². The van der Waals surface area contributed by atoms with Gasteiger partial charge in [-0.3, -0.25) is 9.59 Å². The zero-order chi connectivity index (χ0) is 22.5. The van der Waals surface area contributed by atoms with Crippen LogP contribution in [0.15, 0.2) is 51.7 Å². The lowest BCUT2D eigenvalue weighted by molar-refractivity contribution is -0.123. The van der Waals surface area contributed by atoms with Crippen LogP contribution in [0, 0.1) is 0 Å². The first-order valence-electron chi connectivity index (χ1n) is 10.4. The summed E-state index contributed by atoms with van der Waals surface area (Å²) in [5.41, 5.74) is 0.612. The SMILES string of the molecule is COc1ccc(-c2oc3ccccc3c(=O)c2OCC(=O)NC[C@@H]2CCCO2)cc1OC. The summed E-state index contributed by atoms with van der Waals surface area (Å²) in [7, 11) is 3.06. The van der Waals surface area contributed by atoms with Crippen molar-refractivity contribution in [3.8, 4) is 28.6 Å². The smallest absolute Gasteiger partial charge is 0.258 e. The quantitative estimate of drug-likeness (QED) is 0.576. The number of ether oxygens (including phenoxy) is 4. The number of methoxy groups -OCH3 is 2. The van der Waals surface area contributed by atoms with Crippen molar-refractivity contribution in [3.63, 3.8) is 0 Å². The number of nitrogens with one attached hydrogen (secondary N) is 1. The number of carbonyl (C=O) groups excluding carboxylic acids is 1. The van der Waals surface area contributed by atoms with Crippen molar-refractivity contribution >= 4 is 16.9 Å². The zero-order valence-corrected chi connectivity index (χ0v) is 18.0. The van der Waals surface area contributed by atoms with Crippen LogP contribution in [0.25, 0.3) is 22.3 Å². The van der Waals surface area contributed by atoms with Crippen molar-refractivity contribution < 1.29 is 28.2 Å². The highest BCUT2D eigenvalue weighted by atomic mass is 16.5. The average Bonchev–Trinajstić information content (AvgIpc) is 3.35. The van der Waals surface area contributed by atoms with Gasteiger partial charge in [0.05, 0.1) is 25.7 Å². The number of hydrogen-bond donors (Lipinski definition) is 1. The minimum absolute atomic E-state index is 0.0204. The van der Waals surface area contributed by atoms with Gasteiger partial charge in [0.1, 0.15) is 5.58 Å². The zero-order valence-electron chi connectivity index (χ0n) is 18.0. The van der Waals surface area contributed by atoms with Crippen LogP contribution >= 0.6 is 0 Å². The van der Waals surface area contributed by atoms with Crippen molar-refractivity contribution in [2.45, 2.75) is 18.9 Å². The van der Waals surface area contributed by atoms with E-state index in [1.165, 1.54) is 14.2 Å². The highest BCUT2D eigenvalue weighted by molar-refractivity contribution is 5.83. The van der Waals surface area contributed by atoms with Gasteiger partial charge in [0.2, 0.25) is 11.2 Å². The van der Waals surface area contributed by atoms with Gasteiger partial charge in [-0.2, -0.15) is 0 Å². The first-order chi connectivity index (χ1) is 15.6. The third kappa shape index (κ3) is 4.55. The monoisotopic (exact) mass is 439 g/mol. The molecule has 8 nitrogen and oxygen atoms in total. The summed E-state index contributed by atoms with van der Waals surface area (Å²) in [4.78, 5) is 25.5. The van der Waals surface area contributed by atoms with Crippen molar-refractivity contribution in [1.82, 2.24) is 5.32 Å². The molecule has 3 aromatic rings. The molecule has 1 aliphatic heterocycles. The predicted octanol–water partition coefficient (Wildman–Crippen LogP) is 3.15. The largest absolute Gasteiger partial charge is 0.493 e. The number of benzene rings is 2. The molecule has 4 rings (SSSR count). The number of hydrogen-bond acceptors (Lipinski definition) is 7. The Morgan fingerprint density at radius 3 is 2.69 bits per heavy atom. The molecule has 0 radical (unpaired) electrons. The van der Waals surface area contributed by atoms with Gasteiger partial charge in [-0.05, 0) is 43.2 Å². The van der Waals surface area contributed by atoms with E-state index >= 15 is 0 Å². The van der Waals surface area contributed by atoms with Crippen molar-refractivity contribution in [2.24, 2.45) is 0 Å². The molecular formula is C24H25NO7. The Hall–Kier alpha value is -3.52. The van der Waals surface area contributed by atoms with Gasteiger partial charge >= 0.3 is 0 Å². The molecule has 0 bridgehead atoms. The summed E-state index contributed by atoms with van der Waals surface area (Å²) in [6.45, 7) is 0.803. The molecule has 1 aliphatic rings. The van der Waals surface area contributed by atoms with Gasteiger partial charge in [0.25, 0.3) is 5.91 Å². The first-order valence-corrected chi connectivity index (χ1v) is 10.4. The van der Waals surface area contributed by atoms with E-state index in [9.17, 15) is 9.59 Å². The molecule has 0 unspecified atom stereocenters. The highest BCUT2D eigenvalue weighted by Gasteiger charge is 2.21. The summed E-state index contributed by atoms with van der Waals surface area (Å²) in [5, 5.41) is 3.15. The maximum atomic E-state index is 13.2. The Morgan fingerprint density at radius 1 is 1.12 bits per heavy atom. The number of para-hydroxylation sites is 1. The van der Waals surface area contributed by atoms with Crippen LogP contribution in [0.5, 0.6) is 17.2 Å². The molecule has 0 aliphatic carbocycles. The standard InChI is InChI=1S/C24H25NO7/c1-28-19-10-9-15(12-20(19)29-2)23-24(22(27)17-7-3-4-8-18(17)32-23)31-14-21(26)25-13-16-6-5-11-30-16/h3-4,7-10,12,16H,5-6,11,13-14H2,1-2H3,(H,25,26)/t16-/m0/s1. The van der Waals surface area contributed by atoms with Gasteiger partial charge in [-0.25, -0.2) is 0 Å². The Kier molecular flexibility index (Phi) is 6.61. The molecule has 8 heteroatoms. The van der Waals surface area contributed by atoms with Crippen LogP contribution in [-0.2, 0) is 9.53 Å². The molecule has 1 N–H and O–H groups in total. The second-order valence-corrected chi connectivity index (χ2v) is 7.38. The third-order valence-electron chi connectivity index (χ3n) is 5.30. The van der Waals surface area contributed by atoms with E-state index in [1.54, 1.807) is 42.5 Å². The molecule has 1 fully saturated rings. The molecule has 0 saturated carbocycles. The van der Waals surface area contributed by atoms with Crippen LogP contribution in [0.1, 0.15) is 12.8 Å². The van der Waals surface area contributed by atoms with E-state index < -0.39 is 0 Å². The second kappa shape index (κ2) is 9.74. The van der Waals surface area contributed by atoms with Crippen molar-refractivity contribution in [1.29, 1.82) is 0 Å². The first kappa shape index (κ1) is 21.7. The van der Waals surface area contributed by atoms with E-state index in [1.807, 2.05) is 0 Å². The Morgan fingerprint density at radius 2 is 1.94 bits per heavy atom. The van der Waals surface area contributed by atoms with E-state index in [2.05, 4.69) is 5.32 Å². The number of fused-ring (bicyclic) bond motifs is 1. The second-order valence-electron chi connectivity index (χ2n) is 7.38. The van der Waals surface area contributed by atoms with Crippen LogP contribution in [-0.4, -0.2) is 46.0 Å². The molecule has 1 atom stereocenters. The highest BCUT2D eigenvalue weighted by Crippen LogP contribution is 2.36. The average molecular weight is 439 g/mol. The molecule has 168 valence electrons. The Labute approximate surface area is 185 Å². The lowest BCUT2D eigenvalue weighted by Gasteiger charge is -2.14. The maximum absolute atomic E-state index is 13.2. The van der Waals surface area contributed by atoms with Gasteiger partial charge in [0.15, 0.2) is 23.9 Å². The molecule has 2 heterocycles. The van der Waals surface area contributed by atoms with E-state index in [0.29, 0.717) is 41.2 Å². The fourth-order valence-corrected chi connectivity index (χ4v) is 3.65. The summed E-state index contributed by atoms with van der Waals surface area (Å²) in [6, 6.07) is 12.0. The van der Waals surface area contributed by atoms with E-state index in [0.717, 1.165) is 12.8 Å². The van der Waals surface area contributed by atoms with E-state index in [-0.39, 0.29) is 35.6 Å². The van der Waals surface area contributed by atoms with Crippen LogP contribution in [0.2, 0.25) is 0 Å². The number of carbonyl (C=O) groups is 1. The molecule has 1 saturated heterocycles. The molecule has 32 heavy (non-hydrogen) atoms. The fraction of sp³-hybridized carbons (Fsp3) is 0.333. The lowest BCUT2D eigenvalue weighted by atomic mass is 10.1. The van der Waals surface area contributed by atoms with Crippen LogP contribution in [0.3, 0.4) is 0 Å². The number of amides is 1. The van der Waals surface area contributed by atoms with Gasteiger partial charge in [0, 0.05) is 18.7 Å². The summed E-state index contributed by atoms with van der Waals surface area (Å²) in [6.07, 6.45) is 1.93. The summed E-state index contributed by atoms with van der Waals surface area (Å²) >= 11 is 0. The molecule has 1 amide bonds. The predicted molar refractivity (Wildman–Crippen MR) is 119 cm³/mol. The Bertz CT molecular complexity index is 1160. The topological polar surface area (TPSA) is 96.2 Å². The summed E-state index contributed by atoms with van der Waals surface area (Å²) in [5.74, 6) is 0.840. The molecule has 2 aromatic carbocycles. The maximum Gasteiger partial charge on any atom is 0.258 e. The summed E-state index contributed by atoms with van der Waals surface area (Å²) < 4.78 is 27.9. The minimum Gasteiger partial charge on any atom is -0.493 e. The van der Waals surface area contributed by atoms with Crippen molar-refractivity contribution in [2.75, 3.05) is 34.0 Å².